The van der Waals surface area contributed by atoms with Gasteiger partial charge in [-0.05, 0) is 39.5 Å². The number of hydrogen-bond donors (Lipinski definition) is 0. The van der Waals surface area contributed by atoms with Crippen molar-refractivity contribution in [2.24, 2.45) is 5.41 Å². The highest BCUT2D eigenvalue weighted by Gasteiger charge is 2.56. The highest BCUT2D eigenvalue weighted by atomic mass is 16.6. The van der Waals surface area contributed by atoms with Crippen LogP contribution in [-0.4, -0.2) is 83.9 Å². The largest absolute Gasteiger partial charge is 0.450 e. The summed E-state index contributed by atoms with van der Waals surface area (Å²) in [7, 11) is 0. The first-order valence-corrected chi connectivity index (χ1v) is 11.1. The van der Waals surface area contributed by atoms with E-state index in [-0.39, 0.29) is 23.8 Å². The third-order valence-electron chi connectivity index (χ3n) is 7.65. The lowest BCUT2D eigenvalue weighted by atomic mass is 9.78. The molecule has 3 heterocycles. The van der Waals surface area contributed by atoms with Crippen molar-refractivity contribution < 1.29 is 19.1 Å². The van der Waals surface area contributed by atoms with E-state index in [1.54, 1.807) is 0 Å². The maximum absolute atomic E-state index is 12.3. The van der Waals surface area contributed by atoms with Crippen LogP contribution in [0.5, 0.6) is 0 Å². The summed E-state index contributed by atoms with van der Waals surface area (Å²) in [4.78, 5) is 30.6. The lowest BCUT2D eigenvalue weighted by molar-refractivity contribution is -0.0368. The first kappa shape index (κ1) is 19.8. The van der Waals surface area contributed by atoms with Crippen LogP contribution in [0.15, 0.2) is 0 Å². The zero-order chi connectivity index (χ0) is 19.9. The number of carbonyl (C=O) groups excluding carboxylic acids is 2. The van der Waals surface area contributed by atoms with E-state index in [0.29, 0.717) is 18.1 Å². The summed E-state index contributed by atoms with van der Waals surface area (Å²) >= 11 is 0. The summed E-state index contributed by atoms with van der Waals surface area (Å²) in [5.74, 6) is 0. The summed E-state index contributed by atoms with van der Waals surface area (Å²) in [6.07, 6.45) is 6.12. The van der Waals surface area contributed by atoms with Crippen LogP contribution in [0.1, 0.15) is 59.3 Å². The molecule has 2 spiro atoms. The minimum absolute atomic E-state index is 0.129. The number of carbonyl (C=O) groups is 2. The molecule has 0 aromatic heterocycles. The molecule has 4 aliphatic rings. The van der Waals surface area contributed by atoms with E-state index in [1.165, 1.54) is 19.3 Å². The monoisotopic (exact) mass is 393 g/mol. The smallest absolute Gasteiger partial charge is 0.410 e. The van der Waals surface area contributed by atoms with Crippen LogP contribution in [-0.2, 0) is 9.47 Å². The standard InChI is InChI=1S/C21H35N3O4/c1-4-17-21(28-19(26)24(17)5-2)9-11-22(12-10-21)16-7-8-20(13-16)14-23(15-20)18(25)27-6-3/h16-17H,4-15H2,1-3H3. The van der Waals surface area contributed by atoms with E-state index in [4.69, 9.17) is 9.47 Å². The molecule has 3 aliphatic heterocycles. The fourth-order valence-electron chi connectivity index (χ4n) is 6.24. The van der Waals surface area contributed by atoms with E-state index in [1.807, 2.05) is 23.6 Å². The minimum atomic E-state index is -0.286. The van der Waals surface area contributed by atoms with Crippen LogP contribution >= 0.6 is 0 Å². The molecule has 2 unspecified atom stereocenters. The molecule has 0 aromatic rings. The Morgan fingerprint density at radius 3 is 2.50 bits per heavy atom. The number of piperidine rings is 1. The topological polar surface area (TPSA) is 62.3 Å². The van der Waals surface area contributed by atoms with Crippen LogP contribution in [0.25, 0.3) is 0 Å². The summed E-state index contributed by atoms with van der Waals surface area (Å²) in [6.45, 7) is 10.9. The van der Waals surface area contributed by atoms with Gasteiger partial charge in [-0.15, -0.1) is 0 Å². The van der Waals surface area contributed by atoms with Gasteiger partial charge in [-0.2, -0.15) is 0 Å². The van der Waals surface area contributed by atoms with Crippen molar-refractivity contribution in [1.29, 1.82) is 0 Å². The number of nitrogens with zero attached hydrogens (tertiary/aromatic N) is 3. The van der Waals surface area contributed by atoms with Crippen molar-refractivity contribution in [3.63, 3.8) is 0 Å². The van der Waals surface area contributed by atoms with Crippen molar-refractivity contribution in [3.05, 3.63) is 0 Å². The molecule has 7 heteroatoms. The molecule has 0 N–H and O–H groups in total. The van der Waals surface area contributed by atoms with Crippen LogP contribution in [0, 0.1) is 5.41 Å². The molecular formula is C21H35N3O4. The molecule has 0 bridgehead atoms. The number of amides is 2. The van der Waals surface area contributed by atoms with Gasteiger partial charge in [-0.25, -0.2) is 9.59 Å². The Kier molecular flexibility index (Phi) is 5.23. The van der Waals surface area contributed by atoms with E-state index in [9.17, 15) is 9.59 Å². The SMILES string of the molecule is CCOC(=O)N1CC2(CCC(N3CCC4(CC3)OC(=O)N(CC)C4CC)C2)C1. The molecule has 1 saturated carbocycles. The van der Waals surface area contributed by atoms with E-state index in [0.717, 1.165) is 52.0 Å². The molecular weight excluding hydrogens is 358 g/mol. The normalized spacial score (nSPS) is 31.3. The van der Waals surface area contributed by atoms with Gasteiger partial charge in [-0.3, -0.25) is 0 Å². The summed E-state index contributed by atoms with van der Waals surface area (Å²) < 4.78 is 11.1. The minimum Gasteiger partial charge on any atom is -0.450 e. The number of hydrogen-bond acceptors (Lipinski definition) is 5. The Bertz CT molecular complexity index is 611. The molecule has 4 fully saturated rings. The van der Waals surface area contributed by atoms with Crippen molar-refractivity contribution in [1.82, 2.24) is 14.7 Å². The van der Waals surface area contributed by atoms with E-state index < -0.39 is 0 Å². The first-order valence-electron chi connectivity index (χ1n) is 11.1. The van der Waals surface area contributed by atoms with E-state index in [2.05, 4.69) is 11.8 Å². The predicted octanol–water partition coefficient (Wildman–Crippen LogP) is 3.08. The molecule has 2 atom stereocenters. The van der Waals surface area contributed by atoms with Gasteiger partial charge in [0.1, 0.15) is 5.60 Å². The van der Waals surface area contributed by atoms with Crippen molar-refractivity contribution >= 4 is 12.2 Å². The van der Waals surface area contributed by atoms with Gasteiger partial charge >= 0.3 is 12.2 Å². The van der Waals surface area contributed by atoms with Crippen molar-refractivity contribution in [3.8, 4) is 0 Å². The molecule has 158 valence electrons. The Morgan fingerprint density at radius 1 is 1.18 bits per heavy atom. The Hall–Kier alpha value is -1.50. The summed E-state index contributed by atoms with van der Waals surface area (Å²) in [5.41, 5.74) is 0.0170. The maximum atomic E-state index is 12.3. The third-order valence-corrected chi connectivity index (χ3v) is 7.65. The zero-order valence-corrected chi connectivity index (χ0v) is 17.6. The fourth-order valence-corrected chi connectivity index (χ4v) is 6.24. The van der Waals surface area contributed by atoms with Gasteiger partial charge in [0.25, 0.3) is 0 Å². The zero-order valence-electron chi connectivity index (χ0n) is 17.6. The Labute approximate surface area is 168 Å². The first-order chi connectivity index (χ1) is 13.5. The van der Waals surface area contributed by atoms with Gasteiger partial charge in [0.05, 0.1) is 12.6 Å². The third kappa shape index (κ3) is 3.15. The molecule has 7 nitrogen and oxygen atoms in total. The van der Waals surface area contributed by atoms with Gasteiger partial charge in [0, 0.05) is 57.0 Å². The van der Waals surface area contributed by atoms with E-state index >= 15 is 0 Å². The highest BCUT2D eigenvalue weighted by Crippen LogP contribution is 2.48. The molecule has 2 amide bonds. The van der Waals surface area contributed by atoms with Crippen molar-refractivity contribution in [2.75, 3.05) is 39.3 Å². The van der Waals surface area contributed by atoms with Gasteiger partial charge < -0.3 is 24.2 Å². The maximum Gasteiger partial charge on any atom is 0.410 e. The summed E-state index contributed by atoms with van der Waals surface area (Å²) in [5, 5.41) is 0. The lowest BCUT2D eigenvalue weighted by Crippen LogP contribution is -2.58. The van der Waals surface area contributed by atoms with Crippen LogP contribution in [0.2, 0.25) is 0 Å². The molecule has 0 aromatic carbocycles. The molecule has 4 rings (SSSR count). The second-order valence-electron chi connectivity index (χ2n) is 9.13. The van der Waals surface area contributed by atoms with Crippen LogP contribution in [0.4, 0.5) is 9.59 Å². The molecule has 3 saturated heterocycles. The average Bonchev–Trinajstić information content (AvgIpc) is 3.21. The number of likely N-dealkylation sites (tertiary alicyclic amines) is 2. The van der Waals surface area contributed by atoms with Gasteiger partial charge in [-0.1, -0.05) is 6.92 Å². The number of rotatable bonds is 4. The number of likely N-dealkylation sites (N-methyl/N-ethyl adjacent to an activating group) is 1. The van der Waals surface area contributed by atoms with Crippen LogP contribution < -0.4 is 0 Å². The second-order valence-corrected chi connectivity index (χ2v) is 9.13. The Morgan fingerprint density at radius 2 is 1.89 bits per heavy atom. The average molecular weight is 394 g/mol. The highest BCUT2D eigenvalue weighted by molar-refractivity contribution is 5.71. The lowest BCUT2D eigenvalue weighted by Gasteiger charge is -2.48. The predicted molar refractivity (Wildman–Crippen MR) is 105 cm³/mol. The molecule has 1 aliphatic carbocycles. The summed E-state index contributed by atoms with van der Waals surface area (Å²) in [6, 6.07) is 0.813. The second kappa shape index (κ2) is 7.39. The number of ether oxygens (including phenoxy) is 2. The molecule has 28 heavy (non-hydrogen) atoms. The Balaban J connectivity index is 1.31. The van der Waals surface area contributed by atoms with Crippen LogP contribution in [0.3, 0.4) is 0 Å². The van der Waals surface area contributed by atoms with Crippen molar-refractivity contribution in [2.45, 2.75) is 77.0 Å². The molecule has 0 radical (unpaired) electrons. The van der Waals surface area contributed by atoms with Gasteiger partial charge in [0.2, 0.25) is 0 Å². The quantitative estimate of drug-likeness (QED) is 0.734. The fraction of sp³-hybridized carbons (Fsp3) is 0.905. The van der Waals surface area contributed by atoms with Gasteiger partial charge in [0.15, 0.2) is 0 Å².